The van der Waals surface area contributed by atoms with E-state index in [0.717, 1.165) is 3.57 Å². The molecule has 0 radical (unpaired) electrons. The highest BCUT2D eigenvalue weighted by atomic mass is 127. The number of benzene rings is 1. The molecular formula is C11H6FIO2. The molecule has 1 aromatic carbocycles. The Bertz CT molecular complexity index is 505. The highest BCUT2D eigenvalue weighted by Crippen LogP contribution is 2.25. The van der Waals surface area contributed by atoms with Gasteiger partial charge in [-0.25, -0.2) is 4.39 Å². The van der Waals surface area contributed by atoms with Crippen LogP contribution in [0.5, 0.6) is 0 Å². The summed E-state index contributed by atoms with van der Waals surface area (Å²) in [6.45, 7) is 0. The summed E-state index contributed by atoms with van der Waals surface area (Å²) in [7, 11) is 0. The van der Waals surface area contributed by atoms with Crippen molar-refractivity contribution in [1.29, 1.82) is 0 Å². The lowest BCUT2D eigenvalue weighted by Gasteiger charge is -1.99. The lowest BCUT2D eigenvalue weighted by Crippen LogP contribution is -1.83. The summed E-state index contributed by atoms with van der Waals surface area (Å²) >= 11 is 2.03. The summed E-state index contributed by atoms with van der Waals surface area (Å²) in [4.78, 5) is 10.4. The van der Waals surface area contributed by atoms with E-state index in [2.05, 4.69) is 0 Å². The second kappa shape index (κ2) is 4.14. The van der Waals surface area contributed by atoms with Crippen molar-refractivity contribution in [3.8, 4) is 11.3 Å². The number of furan rings is 1. The average Bonchev–Trinajstić information content (AvgIpc) is 2.66. The molecule has 0 aliphatic heterocycles. The third-order valence-corrected chi connectivity index (χ3v) is 2.61. The van der Waals surface area contributed by atoms with Crippen LogP contribution in [-0.2, 0) is 0 Å². The van der Waals surface area contributed by atoms with E-state index in [0.29, 0.717) is 17.6 Å². The number of hydrogen-bond donors (Lipinski definition) is 0. The van der Waals surface area contributed by atoms with Gasteiger partial charge >= 0.3 is 0 Å². The number of carbonyl (C=O) groups is 1. The summed E-state index contributed by atoms with van der Waals surface area (Å²) in [5.74, 6) is 0.211. The van der Waals surface area contributed by atoms with Crippen molar-refractivity contribution in [2.45, 2.75) is 0 Å². The highest BCUT2D eigenvalue weighted by Gasteiger charge is 2.09. The van der Waals surface area contributed by atoms with Crippen LogP contribution in [0, 0.1) is 9.39 Å². The van der Waals surface area contributed by atoms with E-state index < -0.39 is 0 Å². The maximum Gasteiger partial charge on any atom is 0.185 e. The van der Waals surface area contributed by atoms with Crippen LogP contribution in [0.3, 0.4) is 0 Å². The Balaban J connectivity index is 2.49. The van der Waals surface area contributed by atoms with Gasteiger partial charge in [-0.05, 0) is 52.9 Å². The number of carbonyl (C=O) groups excluding carboxylic acids is 1. The molecule has 0 atom stereocenters. The molecule has 0 aliphatic carbocycles. The molecular weight excluding hydrogens is 310 g/mol. The van der Waals surface area contributed by atoms with Gasteiger partial charge in [-0.1, -0.05) is 0 Å². The summed E-state index contributed by atoms with van der Waals surface area (Å²) in [6.07, 6.45) is 0.591. The molecule has 0 fully saturated rings. The third kappa shape index (κ3) is 2.09. The van der Waals surface area contributed by atoms with Gasteiger partial charge in [0.15, 0.2) is 12.0 Å². The lowest BCUT2D eigenvalue weighted by atomic mass is 10.1. The molecule has 15 heavy (non-hydrogen) atoms. The van der Waals surface area contributed by atoms with Crippen molar-refractivity contribution in [1.82, 2.24) is 0 Å². The normalized spacial score (nSPS) is 10.3. The minimum Gasteiger partial charge on any atom is -0.453 e. The van der Waals surface area contributed by atoms with Crippen LogP contribution in [0.15, 0.2) is 34.7 Å². The molecule has 0 N–H and O–H groups in total. The molecule has 0 spiro atoms. The van der Waals surface area contributed by atoms with Crippen molar-refractivity contribution in [3.63, 3.8) is 0 Å². The number of aldehydes is 1. The van der Waals surface area contributed by atoms with Crippen LogP contribution in [0.2, 0.25) is 0 Å². The fraction of sp³-hybridized carbons (Fsp3) is 0. The van der Waals surface area contributed by atoms with Gasteiger partial charge in [0, 0.05) is 3.57 Å². The van der Waals surface area contributed by atoms with Crippen molar-refractivity contribution in [3.05, 3.63) is 45.5 Å². The first-order valence-corrected chi connectivity index (χ1v) is 5.29. The van der Waals surface area contributed by atoms with Gasteiger partial charge in [-0.3, -0.25) is 4.79 Å². The van der Waals surface area contributed by atoms with Crippen LogP contribution in [0.25, 0.3) is 11.3 Å². The van der Waals surface area contributed by atoms with Crippen LogP contribution in [-0.4, -0.2) is 6.29 Å². The Hall–Kier alpha value is -1.17. The molecule has 0 amide bonds. The average molecular weight is 316 g/mol. The zero-order valence-corrected chi connectivity index (χ0v) is 9.69. The van der Waals surface area contributed by atoms with E-state index in [4.69, 9.17) is 4.42 Å². The molecule has 0 saturated heterocycles. The minimum atomic E-state index is -0.353. The van der Waals surface area contributed by atoms with Gasteiger partial charge in [0.25, 0.3) is 0 Å². The van der Waals surface area contributed by atoms with Gasteiger partial charge in [0.2, 0.25) is 0 Å². The van der Waals surface area contributed by atoms with E-state index in [9.17, 15) is 9.18 Å². The first-order chi connectivity index (χ1) is 7.20. The van der Waals surface area contributed by atoms with Gasteiger partial charge < -0.3 is 4.42 Å². The topological polar surface area (TPSA) is 30.2 Å². The van der Waals surface area contributed by atoms with Crippen molar-refractivity contribution >= 4 is 28.9 Å². The zero-order chi connectivity index (χ0) is 10.8. The van der Waals surface area contributed by atoms with Crippen LogP contribution >= 0.6 is 22.6 Å². The standard InChI is InChI=1S/C11H6FIO2/c12-10-5-7(13)1-3-9(10)11-4-2-8(6-14)15-11/h1-6H. The number of rotatable bonds is 2. The molecule has 76 valence electrons. The molecule has 1 aromatic heterocycles. The number of hydrogen-bond acceptors (Lipinski definition) is 2. The summed E-state index contributed by atoms with van der Waals surface area (Å²) < 4.78 is 19.4. The quantitative estimate of drug-likeness (QED) is 0.627. The maximum absolute atomic E-state index is 13.5. The molecule has 2 nitrogen and oxygen atoms in total. The second-order valence-corrected chi connectivity index (χ2v) is 4.19. The lowest BCUT2D eigenvalue weighted by molar-refractivity contribution is 0.110. The van der Waals surface area contributed by atoms with E-state index in [-0.39, 0.29) is 11.6 Å². The largest absolute Gasteiger partial charge is 0.453 e. The highest BCUT2D eigenvalue weighted by molar-refractivity contribution is 14.1. The minimum absolute atomic E-state index is 0.197. The molecule has 0 aliphatic rings. The summed E-state index contributed by atoms with van der Waals surface area (Å²) in [6, 6.07) is 7.92. The zero-order valence-electron chi connectivity index (χ0n) is 7.54. The van der Waals surface area contributed by atoms with E-state index in [1.807, 2.05) is 22.6 Å². The molecule has 0 unspecified atom stereocenters. The van der Waals surface area contributed by atoms with Crippen LogP contribution < -0.4 is 0 Å². The van der Waals surface area contributed by atoms with Gasteiger partial charge in [0.05, 0.1) is 5.56 Å². The molecule has 2 rings (SSSR count). The number of halogens is 2. The van der Waals surface area contributed by atoms with Crippen LogP contribution in [0.4, 0.5) is 4.39 Å². The Kier molecular flexibility index (Phi) is 2.86. The fourth-order valence-corrected chi connectivity index (χ4v) is 1.70. The van der Waals surface area contributed by atoms with Crippen molar-refractivity contribution in [2.24, 2.45) is 0 Å². The smallest absolute Gasteiger partial charge is 0.185 e. The van der Waals surface area contributed by atoms with Gasteiger partial charge in [-0.2, -0.15) is 0 Å². The molecule has 2 aromatic rings. The molecule has 4 heteroatoms. The second-order valence-electron chi connectivity index (χ2n) is 2.94. The predicted molar refractivity (Wildman–Crippen MR) is 62.2 cm³/mol. The van der Waals surface area contributed by atoms with Gasteiger partial charge in [0.1, 0.15) is 11.6 Å². The first-order valence-electron chi connectivity index (χ1n) is 4.21. The van der Waals surface area contributed by atoms with Crippen LogP contribution in [0.1, 0.15) is 10.6 Å². The Morgan fingerprint density at radius 1 is 1.27 bits per heavy atom. The third-order valence-electron chi connectivity index (χ3n) is 1.94. The summed E-state index contributed by atoms with van der Waals surface area (Å²) in [5.41, 5.74) is 0.364. The van der Waals surface area contributed by atoms with Gasteiger partial charge in [-0.15, -0.1) is 0 Å². The Labute approximate surface area is 99.2 Å². The van der Waals surface area contributed by atoms with E-state index >= 15 is 0 Å². The first kappa shape index (κ1) is 10.4. The Morgan fingerprint density at radius 3 is 2.67 bits per heavy atom. The monoisotopic (exact) mass is 316 g/mol. The SMILES string of the molecule is O=Cc1ccc(-c2ccc(I)cc2F)o1. The van der Waals surface area contributed by atoms with Crippen molar-refractivity contribution < 1.29 is 13.6 Å². The molecule has 1 heterocycles. The van der Waals surface area contributed by atoms with E-state index in [1.165, 1.54) is 12.1 Å². The molecule has 0 bridgehead atoms. The predicted octanol–water partition coefficient (Wildman–Crippen LogP) is 3.50. The van der Waals surface area contributed by atoms with E-state index in [1.54, 1.807) is 18.2 Å². The summed E-state index contributed by atoms with van der Waals surface area (Å²) in [5, 5.41) is 0. The van der Waals surface area contributed by atoms with Crippen molar-refractivity contribution in [2.75, 3.05) is 0 Å². The maximum atomic E-state index is 13.5. The fourth-order valence-electron chi connectivity index (χ4n) is 1.25. The Morgan fingerprint density at radius 2 is 2.07 bits per heavy atom. The molecule has 0 saturated carbocycles.